The van der Waals surface area contributed by atoms with Crippen LogP contribution in [-0.4, -0.2) is 46.1 Å². The Labute approximate surface area is 181 Å². The van der Waals surface area contributed by atoms with Gasteiger partial charge in [0, 0.05) is 37.8 Å². The lowest BCUT2D eigenvalue weighted by molar-refractivity contribution is -0.137. The summed E-state index contributed by atoms with van der Waals surface area (Å²) in [7, 11) is 0. The van der Waals surface area contributed by atoms with E-state index in [4.69, 9.17) is 0 Å². The number of halogens is 3. The number of fused-ring (bicyclic) bond motifs is 1. The molecule has 0 aliphatic carbocycles. The van der Waals surface area contributed by atoms with Crippen LogP contribution in [-0.2, 0) is 6.18 Å². The molecular weight excluding hydrogens is 419 g/mol. The van der Waals surface area contributed by atoms with Crippen LogP contribution in [0, 0.1) is 0 Å². The molecule has 7 nitrogen and oxygen atoms in total. The molecule has 0 unspecified atom stereocenters. The van der Waals surface area contributed by atoms with Gasteiger partial charge in [-0.1, -0.05) is 12.1 Å². The van der Waals surface area contributed by atoms with Crippen molar-refractivity contribution in [1.82, 2.24) is 25.3 Å². The molecule has 0 radical (unpaired) electrons. The molecule has 3 N–H and O–H groups in total. The van der Waals surface area contributed by atoms with Crippen LogP contribution in [0.15, 0.2) is 54.9 Å². The number of hydrogen-bond donors (Lipinski definition) is 3. The number of benzene rings is 1. The van der Waals surface area contributed by atoms with Gasteiger partial charge in [0.15, 0.2) is 0 Å². The summed E-state index contributed by atoms with van der Waals surface area (Å²) in [4.78, 5) is 18.6. The fourth-order valence-electron chi connectivity index (χ4n) is 3.66. The maximum atomic E-state index is 13.0. The number of anilines is 3. The molecule has 164 valence electrons. The highest BCUT2D eigenvalue weighted by atomic mass is 19.4. The van der Waals surface area contributed by atoms with Crippen molar-refractivity contribution in [2.75, 3.05) is 36.4 Å². The van der Waals surface area contributed by atoms with E-state index in [1.54, 1.807) is 18.3 Å². The molecule has 0 atom stereocenters. The smallest absolute Gasteiger partial charge is 0.368 e. The maximum absolute atomic E-state index is 13.0. The third-order valence-corrected chi connectivity index (χ3v) is 5.32. The first-order valence-corrected chi connectivity index (χ1v) is 10.2. The highest BCUT2D eigenvalue weighted by Crippen LogP contribution is 2.32. The molecule has 1 aromatic carbocycles. The first-order chi connectivity index (χ1) is 15.5. The van der Waals surface area contributed by atoms with Gasteiger partial charge >= 0.3 is 6.18 Å². The molecule has 0 amide bonds. The largest absolute Gasteiger partial charge is 0.416 e. The molecule has 1 saturated heterocycles. The Bertz CT molecular complexity index is 1230. The number of piperazine rings is 1. The van der Waals surface area contributed by atoms with E-state index >= 15 is 0 Å². The average Bonchev–Trinajstić information content (AvgIpc) is 3.23. The second kappa shape index (κ2) is 8.12. The quantitative estimate of drug-likeness (QED) is 0.442. The van der Waals surface area contributed by atoms with Crippen LogP contribution in [0.1, 0.15) is 5.56 Å². The van der Waals surface area contributed by atoms with Crippen LogP contribution in [0.25, 0.3) is 22.4 Å². The molecule has 32 heavy (non-hydrogen) atoms. The molecule has 4 aromatic rings. The molecule has 3 aromatic heterocycles. The van der Waals surface area contributed by atoms with Gasteiger partial charge in [-0.3, -0.25) is 0 Å². The van der Waals surface area contributed by atoms with Crippen molar-refractivity contribution in [1.29, 1.82) is 0 Å². The highest BCUT2D eigenvalue weighted by Gasteiger charge is 2.30. The number of pyridine rings is 2. The van der Waals surface area contributed by atoms with Crippen molar-refractivity contribution < 1.29 is 13.2 Å². The first kappa shape index (κ1) is 20.3. The van der Waals surface area contributed by atoms with Gasteiger partial charge < -0.3 is 20.5 Å². The van der Waals surface area contributed by atoms with E-state index in [0.29, 0.717) is 34.1 Å². The lowest BCUT2D eigenvalue weighted by Gasteiger charge is -2.29. The second-order valence-electron chi connectivity index (χ2n) is 7.51. The molecule has 0 bridgehead atoms. The van der Waals surface area contributed by atoms with Crippen molar-refractivity contribution in [2.45, 2.75) is 6.18 Å². The standard InChI is InChI=1S/C22H20F3N7/c23-22(24,25)15-3-1-2-14(10-15)21-29-17-11-20(28-13-18(17)30-21)31-19-5-4-16(12-27-19)32-8-6-26-7-9-32/h1-5,10-13,26H,6-9H2,(H,29,30)(H,27,28,31). The third kappa shape index (κ3) is 4.22. The van der Waals surface area contributed by atoms with Gasteiger partial charge in [0.05, 0.1) is 34.7 Å². The number of imidazole rings is 1. The summed E-state index contributed by atoms with van der Waals surface area (Å²) < 4.78 is 39.1. The predicted octanol–water partition coefficient (Wildman–Crippen LogP) is 4.19. The van der Waals surface area contributed by atoms with Crippen LogP contribution >= 0.6 is 0 Å². The van der Waals surface area contributed by atoms with Crippen LogP contribution in [0.5, 0.6) is 0 Å². The number of H-pyrrole nitrogens is 1. The van der Waals surface area contributed by atoms with E-state index in [-0.39, 0.29) is 0 Å². The maximum Gasteiger partial charge on any atom is 0.416 e. The zero-order chi connectivity index (χ0) is 22.1. The molecule has 4 heterocycles. The Morgan fingerprint density at radius 3 is 2.50 bits per heavy atom. The van der Waals surface area contributed by atoms with Gasteiger partial charge in [-0.25, -0.2) is 15.0 Å². The van der Waals surface area contributed by atoms with Crippen molar-refractivity contribution >= 4 is 28.4 Å². The van der Waals surface area contributed by atoms with Gasteiger partial charge in [-0.15, -0.1) is 0 Å². The summed E-state index contributed by atoms with van der Waals surface area (Å²) in [5.74, 6) is 1.54. The fourth-order valence-corrected chi connectivity index (χ4v) is 3.66. The lowest BCUT2D eigenvalue weighted by atomic mass is 10.1. The Kier molecular flexibility index (Phi) is 5.14. The van der Waals surface area contributed by atoms with Crippen LogP contribution in [0.4, 0.5) is 30.5 Å². The summed E-state index contributed by atoms with van der Waals surface area (Å²) in [6.45, 7) is 3.80. The van der Waals surface area contributed by atoms with Crippen molar-refractivity contribution in [3.63, 3.8) is 0 Å². The third-order valence-electron chi connectivity index (χ3n) is 5.32. The fraction of sp³-hybridized carbons (Fsp3) is 0.227. The van der Waals surface area contributed by atoms with Gasteiger partial charge in [-0.2, -0.15) is 13.2 Å². The summed E-state index contributed by atoms with van der Waals surface area (Å²) >= 11 is 0. The number of hydrogen-bond acceptors (Lipinski definition) is 6. The molecule has 1 aliphatic heterocycles. The highest BCUT2D eigenvalue weighted by molar-refractivity contribution is 5.81. The van der Waals surface area contributed by atoms with E-state index in [0.717, 1.165) is 44.0 Å². The van der Waals surface area contributed by atoms with E-state index in [1.807, 2.05) is 18.3 Å². The Balaban J connectivity index is 1.35. The normalized spacial score (nSPS) is 14.7. The van der Waals surface area contributed by atoms with E-state index in [2.05, 4.69) is 35.5 Å². The molecule has 1 fully saturated rings. The van der Waals surface area contributed by atoms with Crippen LogP contribution in [0.2, 0.25) is 0 Å². The Hall–Kier alpha value is -3.66. The number of aromatic amines is 1. The zero-order valence-electron chi connectivity index (χ0n) is 16.9. The molecule has 0 spiro atoms. The minimum absolute atomic E-state index is 0.351. The van der Waals surface area contributed by atoms with Crippen molar-refractivity contribution in [3.8, 4) is 11.4 Å². The SMILES string of the molecule is FC(F)(F)c1cccc(-c2nc3cc(Nc4ccc(N5CCNCC5)cn4)ncc3[nH]2)c1. The second-order valence-corrected chi connectivity index (χ2v) is 7.51. The predicted molar refractivity (Wildman–Crippen MR) is 117 cm³/mol. The van der Waals surface area contributed by atoms with Crippen molar-refractivity contribution in [2.24, 2.45) is 0 Å². The van der Waals surface area contributed by atoms with Crippen LogP contribution < -0.4 is 15.5 Å². The summed E-state index contributed by atoms with van der Waals surface area (Å²) in [5.41, 5.74) is 1.93. The van der Waals surface area contributed by atoms with Gasteiger partial charge in [-0.05, 0) is 24.3 Å². The Morgan fingerprint density at radius 1 is 0.938 bits per heavy atom. The van der Waals surface area contributed by atoms with Gasteiger partial charge in [0.2, 0.25) is 0 Å². The van der Waals surface area contributed by atoms with E-state index in [1.165, 1.54) is 6.07 Å². The van der Waals surface area contributed by atoms with E-state index < -0.39 is 11.7 Å². The number of rotatable bonds is 4. The topological polar surface area (TPSA) is 81.8 Å². The molecule has 1 aliphatic rings. The zero-order valence-corrected chi connectivity index (χ0v) is 16.9. The average molecular weight is 439 g/mol. The minimum atomic E-state index is -4.41. The minimum Gasteiger partial charge on any atom is -0.368 e. The number of nitrogens with one attached hydrogen (secondary N) is 3. The number of aromatic nitrogens is 4. The first-order valence-electron chi connectivity index (χ1n) is 10.2. The monoisotopic (exact) mass is 439 g/mol. The number of nitrogens with zero attached hydrogens (tertiary/aromatic N) is 4. The lowest BCUT2D eigenvalue weighted by Crippen LogP contribution is -2.43. The van der Waals surface area contributed by atoms with Crippen LogP contribution in [0.3, 0.4) is 0 Å². The summed E-state index contributed by atoms with van der Waals surface area (Å²) in [6.07, 6.45) is -0.989. The molecule has 10 heteroatoms. The molecular formula is C22H20F3N7. The summed E-state index contributed by atoms with van der Waals surface area (Å²) in [6, 6.07) is 10.7. The summed E-state index contributed by atoms with van der Waals surface area (Å²) in [5, 5.41) is 6.47. The Morgan fingerprint density at radius 2 is 1.75 bits per heavy atom. The van der Waals surface area contributed by atoms with Crippen molar-refractivity contribution in [3.05, 3.63) is 60.4 Å². The molecule has 5 rings (SSSR count). The van der Waals surface area contributed by atoms with E-state index in [9.17, 15) is 13.2 Å². The van der Waals surface area contributed by atoms with Gasteiger partial charge in [0.25, 0.3) is 0 Å². The molecule has 0 saturated carbocycles. The number of alkyl halides is 3. The van der Waals surface area contributed by atoms with Gasteiger partial charge in [0.1, 0.15) is 17.5 Å².